The van der Waals surface area contributed by atoms with Gasteiger partial charge in [-0.05, 0) is 20.3 Å². The number of hydrogen-bond acceptors (Lipinski definition) is 0. The number of rotatable bonds is 3. The summed E-state index contributed by atoms with van der Waals surface area (Å²) in [5, 5.41) is 1.05. The smallest absolute Gasteiger partial charge is 0.0296 e. The van der Waals surface area contributed by atoms with Gasteiger partial charge in [0.2, 0.25) is 0 Å². The highest BCUT2D eigenvalue weighted by Crippen LogP contribution is 2.00. The SMILES string of the molecule is CC#CC/C(C)=C/CCBr. The largest absolute Gasteiger partial charge is 0.106 e. The molecule has 0 saturated heterocycles. The number of hydrogen-bond donors (Lipinski definition) is 0. The summed E-state index contributed by atoms with van der Waals surface area (Å²) in [4.78, 5) is 0. The Bertz CT molecular complexity index is 157. The molecule has 0 atom stereocenters. The van der Waals surface area contributed by atoms with E-state index in [1.54, 1.807) is 0 Å². The average Bonchev–Trinajstić information content (AvgIpc) is 1.97. The molecule has 0 rings (SSSR count). The molecule has 0 heterocycles. The van der Waals surface area contributed by atoms with Crippen LogP contribution in [-0.2, 0) is 0 Å². The van der Waals surface area contributed by atoms with Crippen molar-refractivity contribution >= 4 is 15.9 Å². The highest BCUT2D eigenvalue weighted by Gasteiger charge is 1.83. The van der Waals surface area contributed by atoms with E-state index in [0.29, 0.717) is 0 Å². The quantitative estimate of drug-likeness (QED) is 0.374. The Labute approximate surface area is 71.8 Å². The summed E-state index contributed by atoms with van der Waals surface area (Å²) in [7, 11) is 0. The molecule has 0 nitrogen and oxygen atoms in total. The van der Waals surface area contributed by atoms with Crippen LogP contribution in [0.2, 0.25) is 0 Å². The molecule has 0 aliphatic carbocycles. The molecule has 0 unspecified atom stereocenters. The Hall–Kier alpha value is -0.220. The topological polar surface area (TPSA) is 0 Å². The zero-order valence-corrected chi connectivity index (χ0v) is 8.16. The van der Waals surface area contributed by atoms with Gasteiger partial charge in [0, 0.05) is 11.8 Å². The van der Waals surface area contributed by atoms with Gasteiger partial charge in [-0.1, -0.05) is 33.5 Å². The van der Waals surface area contributed by atoms with E-state index in [1.807, 2.05) is 6.92 Å². The molecule has 10 heavy (non-hydrogen) atoms. The standard InChI is InChI=1S/C9H13Br/c1-3-4-6-9(2)7-5-8-10/h7H,5-6,8H2,1-2H3/b9-7+. The van der Waals surface area contributed by atoms with Crippen LogP contribution >= 0.6 is 15.9 Å². The van der Waals surface area contributed by atoms with E-state index in [0.717, 1.165) is 18.2 Å². The molecule has 0 aromatic rings. The molecule has 0 radical (unpaired) electrons. The average molecular weight is 201 g/mol. The van der Waals surface area contributed by atoms with Crippen LogP contribution in [0.25, 0.3) is 0 Å². The summed E-state index contributed by atoms with van der Waals surface area (Å²) in [6.07, 6.45) is 4.25. The van der Waals surface area contributed by atoms with Gasteiger partial charge < -0.3 is 0 Å². The maximum absolute atomic E-state index is 3.37. The Balaban J connectivity index is 3.56. The first-order valence-electron chi connectivity index (χ1n) is 3.42. The van der Waals surface area contributed by atoms with Crippen molar-refractivity contribution in [2.75, 3.05) is 5.33 Å². The van der Waals surface area contributed by atoms with Crippen molar-refractivity contribution < 1.29 is 0 Å². The van der Waals surface area contributed by atoms with E-state index in [2.05, 4.69) is 40.8 Å². The van der Waals surface area contributed by atoms with Gasteiger partial charge in [-0.2, -0.15) is 0 Å². The molecule has 0 fully saturated rings. The molecule has 0 bridgehead atoms. The van der Waals surface area contributed by atoms with E-state index in [4.69, 9.17) is 0 Å². The lowest BCUT2D eigenvalue weighted by molar-refractivity contribution is 1.15. The molecule has 1 heteroatoms. The van der Waals surface area contributed by atoms with E-state index in [9.17, 15) is 0 Å². The number of halogens is 1. The molecule has 0 aliphatic rings. The van der Waals surface area contributed by atoms with Crippen molar-refractivity contribution in [2.24, 2.45) is 0 Å². The van der Waals surface area contributed by atoms with E-state index < -0.39 is 0 Å². The minimum Gasteiger partial charge on any atom is -0.106 e. The second-order valence-electron chi connectivity index (χ2n) is 2.13. The van der Waals surface area contributed by atoms with Crippen molar-refractivity contribution in [1.82, 2.24) is 0 Å². The summed E-state index contributed by atoms with van der Waals surface area (Å²) in [5.74, 6) is 5.90. The van der Waals surface area contributed by atoms with Gasteiger partial charge in [-0.3, -0.25) is 0 Å². The zero-order valence-electron chi connectivity index (χ0n) is 6.58. The highest BCUT2D eigenvalue weighted by molar-refractivity contribution is 9.09. The highest BCUT2D eigenvalue weighted by atomic mass is 79.9. The minimum absolute atomic E-state index is 0.920. The third-order valence-corrected chi connectivity index (χ3v) is 1.60. The summed E-state index contributed by atoms with van der Waals surface area (Å²) in [6, 6.07) is 0. The Morgan fingerprint density at radius 3 is 2.80 bits per heavy atom. The Kier molecular flexibility index (Phi) is 6.74. The van der Waals surface area contributed by atoms with Gasteiger partial charge in [-0.15, -0.1) is 5.92 Å². The predicted octanol–water partition coefficient (Wildman–Crippen LogP) is 3.13. The Morgan fingerprint density at radius 1 is 1.60 bits per heavy atom. The van der Waals surface area contributed by atoms with E-state index in [1.165, 1.54) is 5.57 Å². The fourth-order valence-corrected chi connectivity index (χ4v) is 0.830. The van der Waals surface area contributed by atoms with Crippen LogP contribution < -0.4 is 0 Å². The Morgan fingerprint density at radius 2 is 2.30 bits per heavy atom. The van der Waals surface area contributed by atoms with Crippen LogP contribution in [0.3, 0.4) is 0 Å². The lowest BCUT2D eigenvalue weighted by atomic mass is 10.2. The summed E-state index contributed by atoms with van der Waals surface area (Å²) >= 11 is 3.37. The molecular formula is C9H13Br. The third kappa shape index (κ3) is 5.91. The third-order valence-electron chi connectivity index (χ3n) is 1.15. The zero-order chi connectivity index (χ0) is 7.82. The molecule has 0 spiro atoms. The van der Waals surface area contributed by atoms with Gasteiger partial charge in [-0.25, -0.2) is 0 Å². The molecule has 0 aromatic heterocycles. The van der Waals surface area contributed by atoms with Crippen LogP contribution in [0.5, 0.6) is 0 Å². The van der Waals surface area contributed by atoms with Gasteiger partial charge in [0.25, 0.3) is 0 Å². The second kappa shape index (κ2) is 6.89. The second-order valence-corrected chi connectivity index (χ2v) is 2.92. The van der Waals surface area contributed by atoms with Gasteiger partial charge >= 0.3 is 0 Å². The normalized spacial score (nSPS) is 10.5. The summed E-state index contributed by atoms with van der Waals surface area (Å²) < 4.78 is 0. The van der Waals surface area contributed by atoms with E-state index in [-0.39, 0.29) is 0 Å². The molecule has 0 N–H and O–H groups in total. The summed E-state index contributed by atoms with van der Waals surface area (Å²) in [5.41, 5.74) is 1.37. The van der Waals surface area contributed by atoms with Crippen LogP contribution in [-0.4, -0.2) is 5.33 Å². The van der Waals surface area contributed by atoms with Gasteiger partial charge in [0.1, 0.15) is 0 Å². The lowest BCUT2D eigenvalue weighted by Crippen LogP contribution is -1.74. The molecule has 0 amide bonds. The number of allylic oxidation sites excluding steroid dienone is 2. The van der Waals surface area contributed by atoms with Crippen molar-refractivity contribution in [2.45, 2.75) is 26.7 Å². The lowest BCUT2D eigenvalue weighted by Gasteiger charge is -1.90. The number of alkyl halides is 1. The van der Waals surface area contributed by atoms with Crippen molar-refractivity contribution in [3.63, 3.8) is 0 Å². The first-order chi connectivity index (χ1) is 4.81. The summed E-state index contributed by atoms with van der Waals surface area (Å²) in [6.45, 7) is 3.99. The first-order valence-corrected chi connectivity index (χ1v) is 4.54. The fourth-order valence-electron chi connectivity index (χ4n) is 0.601. The maximum atomic E-state index is 3.37. The molecular weight excluding hydrogens is 188 g/mol. The van der Waals surface area contributed by atoms with Crippen LogP contribution in [0.1, 0.15) is 26.7 Å². The van der Waals surface area contributed by atoms with E-state index >= 15 is 0 Å². The monoisotopic (exact) mass is 200 g/mol. The predicted molar refractivity (Wildman–Crippen MR) is 50.2 cm³/mol. The first kappa shape index (κ1) is 9.78. The van der Waals surface area contributed by atoms with Crippen molar-refractivity contribution in [3.05, 3.63) is 11.6 Å². The minimum atomic E-state index is 0.920. The van der Waals surface area contributed by atoms with Gasteiger partial charge in [0.05, 0.1) is 0 Å². The van der Waals surface area contributed by atoms with Crippen molar-refractivity contribution in [1.29, 1.82) is 0 Å². The van der Waals surface area contributed by atoms with Crippen LogP contribution in [0.15, 0.2) is 11.6 Å². The molecule has 0 aromatic carbocycles. The van der Waals surface area contributed by atoms with Gasteiger partial charge in [0.15, 0.2) is 0 Å². The molecule has 56 valence electrons. The van der Waals surface area contributed by atoms with Crippen LogP contribution in [0.4, 0.5) is 0 Å². The molecule has 0 aliphatic heterocycles. The maximum Gasteiger partial charge on any atom is 0.0296 e. The van der Waals surface area contributed by atoms with Crippen LogP contribution in [0, 0.1) is 11.8 Å². The molecule has 0 saturated carbocycles. The van der Waals surface area contributed by atoms with Crippen molar-refractivity contribution in [3.8, 4) is 11.8 Å². The fraction of sp³-hybridized carbons (Fsp3) is 0.556.